The summed E-state index contributed by atoms with van der Waals surface area (Å²) >= 11 is 0. The molecule has 1 fully saturated rings. The van der Waals surface area contributed by atoms with E-state index in [0.717, 1.165) is 61.5 Å². The van der Waals surface area contributed by atoms with Gasteiger partial charge in [0, 0.05) is 45.0 Å². The summed E-state index contributed by atoms with van der Waals surface area (Å²) in [5.41, 5.74) is 2.05. The zero-order valence-electron chi connectivity index (χ0n) is 18.0. The van der Waals surface area contributed by atoms with Gasteiger partial charge in [-0.25, -0.2) is 9.98 Å². The molecule has 158 valence electrons. The van der Waals surface area contributed by atoms with Crippen LogP contribution in [0.5, 0.6) is 0 Å². The SMILES string of the molecule is CCNC(=NCc1ccc(N2CCN(C)CC2)nc1)NCc1cc(C(C)C)no1. The molecule has 2 aromatic heterocycles. The molecule has 0 spiro atoms. The third kappa shape index (κ3) is 6.19. The number of hydrogen-bond donors (Lipinski definition) is 2. The van der Waals surface area contributed by atoms with E-state index < -0.39 is 0 Å². The smallest absolute Gasteiger partial charge is 0.191 e. The molecule has 1 saturated heterocycles. The van der Waals surface area contributed by atoms with Crippen LogP contribution in [-0.4, -0.2) is 60.8 Å². The Morgan fingerprint density at radius 2 is 2.00 bits per heavy atom. The number of aliphatic imine (C=N–C) groups is 1. The molecule has 0 atom stereocenters. The fraction of sp³-hybridized carbons (Fsp3) is 0.571. The number of rotatable bonds is 7. The number of piperazine rings is 1. The molecule has 3 rings (SSSR count). The number of likely N-dealkylation sites (N-methyl/N-ethyl adjacent to an activating group) is 1. The van der Waals surface area contributed by atoms with Gasteiger partial charge in [0.2, 0.25) is 0 Å². The zero-order chi connectivity index (χ0) is 20.6. The minimum absolute atomic E-state index is 0.357. The number of anilines is 1. The monoisotopic (exact) mass is 399 g/mol. The van der Waals surface area contributed by atoms with Crippen LogP contribution in [0.1, 0.15) is 43.7 Å². The van der Waals surface area contributed by atoms with Gasteiger partial charge in [0.15, 0.2) is 11.7 Å². The molecule has 0 aromatic carbocycles. The molecular formula is C21H33N7O. The molecule has 2 N–H and O–H groups in total. The van der Waals surface area contributed by atoms with Crippen molar-refractivity contribution in [2.75, 3.05) is 44.7 Å². The van der Waals surface area contributed by atoms with Crippen molar-refractivity contribution in [3.05, 3.63) is 41.4 Å². The van der Waals surface area contributed by atoms with Crippen molar-refractivity contribution in [1.82, 2.24) is 25.7 Å². The number of aromatic nitrogens is 2. The van der Waals surface area contributed by atoms with E-state index in [-0.39, 0.29) is 0 Å². The van der Waals surface area contributed by atoms with E-state index in [0.29, 0.717) is 19.0 Å². The topological polar surface area (TPSA) is 81.8 Å². The van der Waals surface area contributed by atoms with Crippen molar-refractivity contribution in [1.29, 1.82) is 0 Å². The second-order valence-electron chi connectivity index (χ2n) is 7.74. The number of guanidine groups is 1. The van der Waals surface area contributed by atoms with E-state index in [1.165, 1.54) is 0 Å². The molecule has 0 amide bonds. The predicted octanol–water partition coefficient (Wildman–Crippen LogP) is 2.20. The van der Waals surface area contributed by atoms with Crippen molar-refractivity contribution in [3.8, 4) is 0 Å². The normalized spacial score (nSPS) is 15.8. The van der Waals surface area contributed by atoms with E-state index in [9.17, 15) is 0 Å². The van der Waals surface area contributed by atoms with Crippen LogP contribution in [0.2, 0.25) is 0 Å². The largest absolute Gasteiger partial charge is 0.359 e. The van der Waals surface area contributed by atoms with E-state index >= 15 is 0 Å². The van der Waals surface area contributed by atoms with Gasteiger partial charge in [-0.3, -0.25) is 0 Å². The molecule has 0 aliphatic carbocycles. The molecule has 8 nitrogen and oxygen atoms in total. The summed E-state index contributed by atoms with van der Waals surface area (Å²) in [6.07, 6.45) is 1.92. The van der Waals surface area contributed by atoms with Crippen LogP contribution in [0.4, 0.5) is 5.82 Å². The second kappa shape index (κ2) is 10.2. The second-order valence-corrected chi connectivity index (χ2v) is 7.74. The molecule has 29 heavy (non-hydrogen) atoms. The predicted molar refractivity (Wildman–Crippen MR) is 116 cm³/mol. The third-order valence-electron chi connectivity index (χ3n) is 5.00. The summed E-state index contributed by atoms with van der Waals surface area (Å²) in [6, 6.07) is 6.19. The Hall–Kier alpha value is -2.61. The quantitative estimate of drug-likeness (QED) is 0.546. The highest BCUT2D eigenvalue weighted by Gasteiger charge is 2.15. The summed E-state index contributed by atoms with van der Waals surface area (Å²) in [5.74, 6) is 2.95. The standard InChI is InChI=1S/C21H33N7O/c1-5-22-21(25-15-18-12-19(16(2)3)26-29-18)24-14-17-6-7-20(23-13-17)28-10-8-27(4)9-11-28/h6-7,12-13,16H,5,8-11,14-15H2,1-4H3,(H2,22,24,25). The first-order valence-corrected chi connectivity index (χ1v) is 10.4. The van der Waals surface area contributed by atoms with Crippen LogP contribution >= 0.6 is 0 Å². The maximum atomic E-state index is 5.38. The summed E-state index contributed by atoms with van der Waals surface area (Å²) in [4.78, 5) is 14.0. The molecule has 0 unspecified atom stereocenters. The number of nitrogens with one attached hydrogen (secondary N) is 2. The van der Waals surface area contributed by atoms with Crippen molar-refractivity contribution >= 4 is 11.8 Å². The minimum Gasteiger partial charge on any atom is -0.359 e. The Labute approximate surface area is 173 Å². The molecule has 8 heteroatoms. The number of hydrogen-bond acceptors (Lipinski definition) is 6. The van der Waals surface area contributed by atoms with Gasteiger partial charge in [0.1, 0.15) is 5.82 Å². The van der Waals surface area contributed by atoms with Crippen LogP contribution in [0.3, 0.4) is 0 Å². The lowest BCUT2D eigenvalue weighted by atomic mass is 10.1. The van der Waals surface area contributed by atoms with Crippen LogP contribution in [0.25, 0.3) is 0 Å². The highest BCUT2D eigenvalue weighted by atomic mass is 16.5. The van der Waals surface area contributed by atoms with E-state index in [1.807, 2.05) is 12.3 Å². The van der Waals surface area contributed by atoms with Gasteiger partial charge in [0.05, 0.1) is 18.8 Å². The highest BCUT2D eigenvalue weighted by molar-refractivity contribution is 5.79. The van der Waals surface area contributed by atoms with Gasteiger partial charge in [0.25, 0.3) is 0 Å². The lowest BCUT2D eigenvalue weighted by molar-refractivity contribution is 0.312. The van der Waals surface area contributed by atoms with Gasteiger partial charge in [-0.2, -0.15) is 0 Å². The zero-order valence-corrected chi connectivity index (χ0v) is 18.0. The average molecular weight is 400 g/mol. The first-order chi connectivity index (χ1) is 14.0. The molecule has 0 bridgehead atoms. The highest BCUT2D eigenvalue weighted by Crippen LogP contribution is 2.15. The van der Waals surface area contributed by atoms with E-state index in [2.05, 4.69) is 75.5 Å². The lowest BCUT2D eigenvalue weighted by Crippen LogP contribution is -2.44. The fourth-order valence-corrected chi connectivity index (χ4v) is 3.10. The van der Waals surface area contributed by atoms with Crippen molar-refractivity contribution in [2.24, 2.45) is 4.99 Å². The van der Waals surface area contributed by atoms with Crippen LogP contribution in [0.15, 0.2) is 33.9 Å². The van der Waals surface area contributed by atoms with Gasteiger partial charge >= 0.3 is 0 Å². The van der Waals surface area contributed by atoms with Crippen molar-refractivity contribution in [3.63, 3.8) is 0 Å². The van der Waals surface area contributed by atoms with Gasteiger partial charge in [-0.1, -0.05) is 25.1 Å². The minimum atomic E-state index is 0.357. The molecule has 1 aliphatic rings. The van der Waals surface area contributed by atoms with Gasteiger partial charge in [-0.05, 0) is 31.5 Å². The Morgan fingerprint density at radius 1 is 1.21 bits per heavy atom. The Kier molecular flexibility index (Phi) is 7.46. The molecule has 1 aliphatic heterocycles. The number of pyridine rings is 1. The van der Waals surface area contributed by atoms with Gasteiger partial charge in [-0.15, -0.1) is 0 Å². The maximum absolute atomic E-state index is 5.38. The first kappa shape index (κ1) is 21.1. The average Bonchev–Trinajstić information content (AvgIpc) is 3.21. The molecule has 0 radical (unpaired) electrons. The first-order valence-electron chi connectivity index (χ1n) is 10.4. The maximum Gasteiger partial charge on any atom is 0.191 e. The van der Waals surface area contributed by atoms with Crippen molar-refractivity contribution < 1.29 is 4.52 Å². The Morgan fingerprint density at radius 3 is 2.62 bits per heavy atom. The van der Waals surface area contributed by atoms with Gasteiger partial charge < -0.3 is 25.0 Å². The van der Waals surface area contributed by atoms with Crippen LogP contribution in [0, 0.1) is 0 Å². The summed E-state index contributed by atoms with van der Waals surface area (Å²) in [7, 11) is 2.16. The third-order valence-corrected chi connectivity index (χ3v) is 5.00. The fourth-order valence-electron chi connectivity index (χ4n) is 3.10. The summed E-state index contributed by atoms with van der Waals surface area (Å²) in [5, 5.41) is 10.7. The van der Waals surface area contributed by atoms with Crippen LogP contribution < -0.4 is 15.5 Å². The molecular weight excluding hydrogens is 366 g/mol. The van der Waals surface area contributed by atoms with E-state index in [1.54, 1.807) is 0 Å². The van der Waals surface area contributed by atoms with Crippen molar-refractivity contribution in [2.45, 2.75) is 39.8 Å². The summed E-state index contributed by atoms with van der Waals surface area (Å²) in [6.45, 7) is 12.4. The Balaban J connectivity index is 1.54. The molecule has 2 aromatic rings. The summed E-state index contributed by atoms with van der Waals surface area (Å²) < 4.78 is 5.38. The molecule has 0 saturated carbocycles. The van der Waals surface area contributed by atoms with Crippen LogP contribution in [-0.2, 0) is 13.1 Å². The Bertz CT molecular complexity index is 777. The molecule has 3 heterocycles. The lowest BCUT2D eigenvalue weighted by Gasteiger charge is -2.33. The van der Waals surface area contributed by atoms with E-state index in [4.69, 9.17) is 4.52 Å². The number of nitrogens with zero attached hydrogens (tertiary/aromatic N) is 5.